The van der Waals surface area contributed by atoms with Gasteiger partial charge in [0.15, 0.2) is 0 Å². The van der Waals surface area contributed by atoms with E-state index in [1.165, 1.54) is 19.3 Å². The first-order valence-corrected chi connectivity index (χ1v) is 7.05. The van der Waals surface area contributed by atoms with Crippen molar-refractivity contribution < 1.29 is 9.32 Å². The number of rotatable bonds is 3. The minimum absolute atomic E-state index is 0.166. The summed E-state index contributed by atoms with van der Waals surface area (Å²) in [6, 6.07) is 2.05. The van der Waals surface area contributed by atoms with Crippen LogP contribution < -0.4 is 5.73 Å². The van der Waals surface area contributed by atoms with E-state index in [9.17, 15) is 4.79 Å². The molecule has 1 saturated carbocycles. The van der Waals surface area contributed by atoms with E-state index in [1.807, 2.05) is 17.9 Å². The molecule has 0 bridgehead atoms. The predicted octanol–water partition coefficient (Wildman–Crippen LogP) is 1.26. The fraction of sp³-hybridized carbons (Fsp3) is 0.714. The summed E-state index contributed by atoms with van der Waals surface area (Å²) < 4.78 is 5.00. The van der Waals surface area contributed by atoms with Crippen molar-refractivity contribution in [2.75, 3.05) is 13.1 Å². The summed E-state index contributed by atoms with van der Waals surface area (Å²) in [5.41, 5.74) is 7.28. The van der Waals surface area contributed by atoms with Gasteiger partial charge in [0.2, 0.25) is 5.91 Å². The van der Waals surface area contributed by atoms with E-state index in [-0.39, 0.29) is 17.4 Å². The maximum Gasteiger partial charge on any atom is 0.223 e. The van der Waals surface area contributed by atoms with Gasteiger partial charge in [-0.15, -0.1) is 0 Å². The SMILES string of the molecule is Cc1cc(CCC(=O)N2CC(N)C3(CCC3)C2)no1. The topological polar surface area (TPSA) is 72.4 Å². The van der Waals surface area contributed by atoms with E-state index in [2.05, 4.69) is 5.16 Å². The number of carbonyl (C=O) groups excluding carboxylic acids is 1. The lowest BCUT2D eigenvalue weighted by Gasteiger charge is -2.41. The predicted molar refractivity (Wildman–Crippen MR) is 70.4 cm³/mol. The Morgan fingerprint density at radius 2 is 2.42 bits per heavy atom. The van der Waals surface area contributed by atoms with Crippen molar-refractivity contribution in [1.29, 1.82) is 0 Å². The highest BCUT2D eigenvalue weighted by molar-refractivity contribution is 5.77. The van der Waals surface area contributed by atoms with Gasteiger partial charge in [0.05, 0.1) is 5.69 Å². The molecule has 2 aliphatic rings. The molecule has 104 valence electrons. The lowest BCUT2D eigenvalue weighted by Crippen LogP contribution is -2.45. The molecule has 5 heteroatoms. The molecule has 1 aliphatic heterocycles. The van der Waals surface area contributed by atoms with Crippen LogP contribution in [0.25, 0.3) is 0 Å². The first-order valence-electron chi connectivity index (χ1n) is 7.05. The van der Waals surface area contributed by atoms with E-state index >= 15 is 0 Å². The van der Waals surface area contributed by atoms with Crippen LogP contribution in [-0.4, -0.2) is 35.1 Å². The van der Waals surface area contributed by atoms with Gasteiger partial charge in [0, 0.05) is 43.5 Å². The van der Waals surface area contributed by atoms with Crippen LogP contribution >= 0.6 is 0 Å². The van der Waals surface area contributed by atoms with Gasteiger partial charge >= 0.3 is 0 Å². The van der Waals surface area contributed by atoms with Gasteiger partial charge in [-0.1, -0.05) is 11.6 Å². The summed E-state index contributed by atoms with van der Waals surface area (Å²) in [4.78, 5) is 14.2. The normalized spacial score (nSPS) is 24.7. The zero-order valence-corrected chi connectivity index (χ0v) is 11.4. The quantitative estimate of drug-likeness (QED) is 0.891. The highest BCUT2D eigenvalue weighted by Gasteiger charge is 2.49. The Morgan fingerprint density at radius 1 is 1.63 bits per heavy atom. The van der Waals surface area contributed by atoms with Gasteiger partial charge in [0.1, 0.15) is 5.76 Å². The number of likely N-dealkylation sites (tertiary alicyclic amines) is 1. The highest BCUT2D eigenvalue weighted by Crippen LogP contribution is 2.47. The van der Waals surface area contributed by atoms with Crippen LogP contribution in [-0.2, 0) is 11.2 Å². The van der Waals surface area contributed by atoms with Gasteiger partial charge in [-0.3, -0.25) is 4.79 Å². The monoisotopic (exact) mass is 263 g/mol. The Labute approximate surface area is 113 Å². The van der Waals surface area contributed by atoms with Crippen molar-refractivity contribution in [3.05, 3.63) is 17.5 Å². The van der Waals surface area contributed by atoms with Crippen molar-refractivity contribution >= 4 is 5.91 Å². The molecule has 1 atom stereocenters. The largest absolute Gasteiger partial charge is 0.361 e. The second-order valence-electron chi connectivity index (χ2n) is 6.03. The number of aromatic nitrogens is 1. The highest BCUT2D eigenvalue weighted by atomic mass is 16.5. The fourth-order valence-electron chi connectivity index (χ4n) is 3.27. The maximum atomic E-state index is 12.2. The molecule has 2 heterocycles. The van der Waals surface area contributed by atoms with Crippen molar-refractivity contribution in [1.82, 2.24) is 10.1 Å². The average molecular weight is 263 g/mol. The van der Waals surface area contributed by atoms with Gasteiger partial charge in [-0.25, -0.2) is 0 Å². The van der Waals surface area contributed by atoms with Crippen molar-refractivity contribution in [3.8, 4) is 0 Å². The molecule has 1 amide bonds. The van der Waals surface area contributed by atoms with E-state index in [4.69, 9.17) is 10.3 Å². The standard InChI is InChI=1S/C14H21N3O2/c1-10-7-11(16-19-10)3-4-13(18)17-8-12(15)14(9-17)5-2-6-14/h7,12H,2-6,8-9,15H2,1H3. The second kappa shape index (κ2) is 4.63. The molecule has 1 aromatic heterocycles. The summed E-state index contributed by atoms with van der Waals surface area (Å²) >= 11 is 0. The number of hydrogen-bond donors (Lipinski definition) is 1. The Balaban J connectivity index is 1.54. The van der Waals surface area contributed by atoms with Crippen molar-refractivity contribution in [2.45, 2.75) is 45.1 Å². The number of amides is 1. The molecule has 5 nitrogen and oxygen atoms in total. The average Bonchev–Trinajstić information content (AvgIpc) is 2.89. The van der Waals surface area contributed by atoms with Crippen LogP contribution in [0.2, 0.25) is 0 Å². The Hall–Kier alpha value is -1.36. The number of nitrogens with two attached hydrogens (primary N) is 1. The third-order valence-corrected chi connectivity index (χ3v) is 4.68. The second-order valence-corrected chi connectivity index (χ2v) is 6.03. The smallest absolute Gasteiger partial charge is 0.223 e. The van der Waals surface area contributed by atoms with Crippen LogP contribution in [0.1, 0.15) is 37.1 Å². The van der Waals surface area contributed by atoms with Crippen molar-refractivity contribution in [2.24, 2.45) is 11.1 Å². The van der Waals surface area contributed by atoms with Crippen LogP contribution in [0.4, 0.5) is 0 Å². The first-order chi connectivity index (χ1) is 9.09. The molecule has 1 aromatic rings. The summed E-state index contributed by atoms with van der Waals surface area (Å²) in [7, 11) is 0. The third-order valence-electron chi connectivity index (χ3n) is 4.68. The molecule has 3 rings (SSSR count). The summed E-state index contributed by atoms with van der Waals surface area (Å²) in [6.45, 7) is 3.43. The number of aryl methyl sites for hydroxylation is 2. The van der Waals surface area contributed by atoms with Gasteiger partial charge in [-0.05, 0) is 19.8 Å². The minimum Gasteiger partial charge on any atom is -0.361 e. The van der Waals surface area contributed by atoms with Gasteiger partial charge < -0.3 is 15.2 Å². The molecule has 1 unspecified atom stereocenters. The zero-order chi connectivity index (χ0) is 13.5. The maximum absolute atomic E-state index is 12.2. The third kappa shape index (κ3) is 2.27. The van der Waals surface area contributed by atoms with E-state index in [1.54, 1.807) is 0 Å². The molecule has 1 spiro atoms. The summed E-state index contributed by atoms with van der Waals surface area (Å²) in [6.07, 6.45) is 4.76. The molecule has 1 aliphatic carbocycles. The first kappa shape index (κ1) is 12.7. The lowest BCUT2D eigenvalue weighted by atomic mass is 9.66. The van der Waals surface area contributed by atoms with Gasteiger partial charge in [-0.2, -0.15) is 0 Å². The summed E-state index contributed by atoms with van der Waals surface area (Å²) in [5, 5.41) is 3.91. The van der Waals surface area contributed by atoms with Crippen molar-refractivity contribution in [3.63, 3.8) is 0 Å². The fourth-order valence-corrected chi connectivity index (χ4v) is 3.27. The molecule has 0 aromatic carbocycles. The Morgan fingerprint density at radius 3 is 2.95 bits per heavy atom. The van der Waals surface area contributed by atoms with Crippen LogP contribution in [0.15, 0.2) is 10.6 Å². The Bertz CT molecular complexity index is 479. The molecule has 2 N–H and O–H groups in total. The minimum atomic E-state index is 0.166. The lowest BCUT2D eigenvalue weighted by molar-refractivity contribution is -0.130. The number of hydrogen-bond acceptors (Lipinski definition) is 4. The molecular formula is C14H21N3O2. The van der Waals surface area contributed by atoms with Gasteiger partial charge in [0.25, 0.3) is 0 Å². The van der Waals surface area contributed by atoms with E-state index < -0.39 is 0 Å². The van der Waals surface area contributed by atoms with Crippen LogP contribution in [0.3, 0.4) is 0 Å². The van der Waals surface area contributed by atoms with Crippen LogP contribution in [0.5, 0.6) is 0 Å². The molecule has 2 fully saturated rings. The molecular weight excluding hydrogens is 242 g/mol. The molecule has 1 saturated heterocycles. The number of carbonyl (C=O) groups is 1. The molecule has 19 heavy (non-hydrogen) atoms. The van der Waals surface area contributed by atoms with Crippen LogP contribution in [0, 0.1) is 12.3 Å². The van der Waals surface area contributed by atoms with E-state index in [0.29, 0.717) is 12.8 Å². The summed E-state index contributed by atoms with van der Waals surface area (Å²) in [5.74, 6) is 0.985. The zero-order valence-electron chi connectivity index (χ0n) is 11.4. The Kier molecular flexibility index (Phi) is 3.09. The number of nitrogens with zero attached hydrogens (tertiary/aromatic N) is 2. The van der Waals surface area contributed by atoms with E-state index in [0.717, 1.165) is 24.5 Å². The molecule has 0 radical (unpaired) electrons.